The zero-order chi connectivity index (χ0) is 16.1. The molecule has 2 rings (SSSR count). The standard InChI is InChI=1S/C16H23N5O/c1-11(2)15(10-21-17-7-8-18-21)20-16(22)19-14-6-5-12(3)13(4)9-14/h5-9,11,15H,10H2,1-4H3,(H2,19,20,22). The van der Waals surface area contributed by atoms with Crippen LogP contribution >= 0.6 is 0 Å². The Morgan fingerprint density at radius 3 is 2.45 bits per heavy atom. The van der Waals surface area contributed by atoms with E-state index < -0.39 is 0 Å². The van der Waals surface area contributed by atoms with Crippen LogP contribution in [-0.4, -0.2) is 27.1 Å². The van der Waals surface area contributed by atoms with Crippen LogP contribution in [0.25, 0.3) is 0 Å². The second-order valence-corrected chi connectivity index (χ2v) is 5.83. The highest BCUT2D eigenvalue weighted by Crippen LogP contribution is 2.14. The van der Waals surface area contributed by atoms with Crippen molar-refractivity contribution in [1.82, 2.24) is 20.3 Å². The molecule has 0 saturated carbocycles. The largest absolute Gasteiger partial charge is 0.333 e. The third kappa shape index (κ3) is 4.31. The first kappa shape index (κ1) is 16.0. The Morgan fingerprint density at radius 1 is 1.18 bits per heavy atom. The Kier molecular flexibility index (Phi) is 5.14. The minimum absolute atomic E-state index is 0.0426. The van der Waals surface area contributed by atoms with E-state index in [4.69, 9.17) is 0 Å². The van der Waals surface area contributed by atoms with Gasteiger partial charge in [-0.05, 0) is 43.0 Å². The van der Waals surface area contributed by atoms with Gasteiger partial charge in [-0.2, -0.15) is 15.0 Å². The lowest BCUT2D eigenvalue weighted by atomic mass is 10.1. The molecule has 6 nitrogen and oxygen atoms in total. The summed E-state index contributed by atoms with van der Waals surface area (Å²) >= 11 is 0. The summed E-state index contributed by atoms with van der Waals surface area (Å²) in [6.45, 7) is 8.74. The van der Waals surface area contributed by atoms with Crippen LogP contribution in [0.15, 0.2) is 30.6 Å². The molecule has 2 amide bonds. The number of hydrogen-bond donors (Lipinski definition) is 2. The van der Waals surface area contributed by atoms with Crippen molar-refractivity contribution >= 4 is 11.7 Å². The lowest BCUT2D eigenvalue weighted by Crippen LogP contribution is -2.44. The molecule has 1 atom stereocenters. The Balaban J connectivity index is 1.97. The van der Waals surface area contributed by atoms with Crippen molar-refractivity contribution < 1.29 is 4.79 Å². The Bertz CT molecular complexity index is 621. The number of anilines is 1. The molecule has 2 aromatic rings. The highest BCUT2D eigenvalue weighted by Gasteiger charge is 2.17. The van der Waals surface area contributed by atoms with Crippen LogP contribution in [-0.2, 0) is 6.54 Å². The lowest BCUT2D eigenvalue weighted by molar-refractivity contribution is 0.239. The van der Waals surface area contributed by atoms with Gasteiger partial charge in [0.2, 0.25) is 0 Å². The molecule has 2 N–H and O–H groups in total. The molecule has 1 aromatic heterocycles. The van der Waals surface area contributed by atoms with E-state index in [1.165, 1.54) is 5.56 Å². The monoisotopic (exact) mass is 301 g/mol. The molecule has 1 unspecified atom stereocenters. The van der Waals surface area contributed by atoms with Gasteiger partial charge in [0.15, 0.2) is 0 Å². The van der Waals surface area contributed by atoms with E-state index in [2.05, 4.69) is 34.7 Å². The fourth-order valence-corrected chi connectivity index (χ4v) is 2.09. The maximum absolute atomic E-state index is 12.2. The van der Waals surface area contributed by atoms with E-state index in [1.54, 1.807) is 17.2 Å². The number of nitrogens with zero attached hydrogens (tertiary/aromatic N) is 3. The van der Waals surface area contributed by atoms with Gasteiger partial charge in [0.25, 0.3) is 0 Å². The maximum atomic E-state index is 12.2. The smallest absolute Gasteiger partial charge is 0.319 e. The van der Waals surface area contributed by atoms with Gasteiger partial charge in [0.1, 0.15) is 0 Å². The summed E-state index contributed by atoms with van der Waals surface area (Å²) in [6.07, 6.45) is 3.26. The molecule has 22 heavy (non-hydrogen) atoms. The molecule has 6 heteroatoms. The van der Waals surface area contributed by atoms with Crippen LogP contribution in [0.2, 0.25) is 0 Å². The molecule has 0 bridgehead atoms. The number of carbonyl (C=O) groups excluding carboxylic acids is 1. The summed E-state index contributed by atoms with van der Waals surface area (Å²) in [4.78, 5) is 13.8. The molecular weight excluding hydrogens is 278 g/mol. The second-order valence-electron chi connectivity index (χ2n) is 5.83. The number of aryl methyl sites for hydroxylation is 2. The second kappa shape index (κ2) is 7.06. The van der Waals surface area contributed by atoms with Gasteiger partial charge < -0.3 is 10.6 Å². The van der Waals surface area contributed by atoms with Crippen LogP contribution < -0.4 is 10.6 Å². The van der Waals surface area contributed by atoms with Crippen molar-refractivity contribution in [2.75, 3.05) is 5.32 Å². The normalized spacial score (nSPS) is 12.2. The molecule has 0 aliphatic carbocycles. The van der Waals surface area contributed by atoms with E-state index in [-0.39, 0.29) is 18.0 Å². The SMILES string of the molecule is Cc1ccc(NC(=O)NC(Cn2nccn2)C(C)C)cc1C. The van der Waals surface area contributed by atoms with E-state index in [0.29, 0.717) is 6.54 Å². The predicted octanol–water partition coefficient (Wildman–Crippen LogP) is 2.74. The Hall–Kier alpha value is -2.37. The topological polar surface area (TPSA) is 71.8 Å². The van der Waals surface area contributed by atoms with Gasteiger partial charge >= 0.3 is 6.03 Å². The summed E-state index contributed by atoms with van der Waals surface area (Å²) in [5.74, 6) is 0.275. The summed E-state index contributed by atoms with van der Waals surface area (Å²) in [5.41, 5.74) is 3.15. The Morgan fingerprint density at radius 2 is 1.86 bits per heavy atom. The van der Waals surface area contributed by atoms with Crippen LogP contribution in [0.4, 0.5) is 10.5 Å². The highest BCUT2D eigenvalue weighted by atomic mass is 16.2. The molecule has 1 heterocycles. The first-order valence-electron chi connectivity index (χ1n) is 7.44. The van der Waals surface area contributed by atoms with Crippen LogP contribution in [0, 0.1) is 19.8 Å². The fraction of sp³-hybridized carbons (Fsp3) is 0.438. The molecule has 0 aliphatic heterocycles. The molecule has 1 aromatic carbocycles. The highest BCUT2D eigenvalue weighted by molar-refractivity contribution is 5.89. The molecule has 0 spiro atoms. The zero-order valence-corrected chi connectivity index (χ0v) is 13.5. The van der Waals surface area contributed by atoms with Crippen LogP contribution in [0.5, 0.6) is 0 Å². The van der Waals surface area contributed by atoms with Crippen molar-refractivity contribution in [3.63, 3.8) is 0 Å². The number of benzene rings is 1. The number of nitrogens with one attached hydrogen (secondary N) is 2. The average Bonchev–Trinajstić information content (AvgIpc) is 2.95. The fourth-order valence-electron chi connectivity index (χ4n) is 2.09. The van der Waals surface area contributed by atoms with Gasteiger partial charge in [0, 0.05) is 5.69 Å². The first-order valence-corrected chi connectivity index (χ1v) is 7.44. The zero-order valence-electron chi connectivity index (χ0n) is 13.5. The van der Waals surface area contributed by atoms with Crippen molar-refractivity contribution in [1.29, 1.82) is 0 Å². The van der Waals surface area contributed by atoms with Crippen molar-refractivity contribution in [2.24, 2.45) is 5.92 Å². The molecule has 0 fully saturated rings. The average molecular weight is 301 g/mol. The van der Waals surface area contributed by atoms with Crippen LogP contribution in [0.1, 0.15) is 25.0 Å². The van der Waals surface area contributed by atoms with E-state index >= 15 is 0 Å². The Labute approximate surface area is 130 Å². The number of urea groups is 1. The predicted molar refractivity (Wildman–Crippen MR) is 86.7 cm³/mol. The van der Waals surface area contributed by atoms with Crippen molar-refractivity contribution in [2.45, 2.75) is 40.3 Å². The summed E-state index contributed by atoms with van der Waals surface area (Å²) in [6, 6.07) is 5.61. The summed E-state index contributed by atoms with van der Waals surface area (Å²) in [7, 11) is 0. The van der Waals surface area contributed by atoms with E-state index in [1.807, 2.05) is 32.0 Å². The number of carbonyl (C=O) groups is 1. The molecule has 0 aliphatic rings. The van der Waals surface area contributed by atoms with Gasteiger partial charge in [0.05, 0.1) is 25.0 Å². The van der Waals surface area contributed by atoms with Gasteiger partial charge in [-0.1, -0.05) is 19.9 Å². The lowest BCUT2D eigenvalue weighted by Gasteiger charge is -2.22. The van der Waals surface area contributed by atoms with E-state index in [0.717, 1.165) is 11.3 Å². The van der Waals surface area contributed by atoms with Gasteiger partial charge in [-0.15, -0.1) is 0 Å². The first-order chi connectivity index (χ1) is 10.5. The molecule has 0 radical (unpaired) electrons. The van der Waals surface area contributed by atoms with E-state index in [9.17, 15) is 4.79 Å². The number of rotatable bonds is 5. The minimum atomic E-state index is -0.214. The summed E-state index contributed by atoms with van der Waals surface area (Å²) < 4.78 is 0. The quantitative estimate of drug-likeness (QED) is 0.892. The number of aromatic nitrogens is 3. The van der Waals surface area contributed by atoms with Crippen molar-refractivity contribution in [3.05, 3.63) is 41.7 Å². The molecular formula is C16H23N5O. The van der Waals surface area contributed by atoms with Gasteiger partial charge in [-0.25, -0.2) is 4.79 Å². The maximum Gasteiger partial charge on any atom is 0.319 e. The summed E-state index contributed by atoms with van der Waals surface area (Å²) in [5, 5.41) is 14.0. The number of amides is 2. The minimum Gasteiger partial charge on any atom is -0.333 e. The molecule has 118 valence electrons. The number of hydrogen-bond acceptors (Lipinski definition) is 3. The molecule has 0 saturated heterocycles. The van der Waals surface area contributed by atoms with Crippen molar-refractivity contribution in [3.8, 4) is 0 Å². The van der Waals surface area contributed by atoms with Gasteiger partial charge in [-0.3, -0.25) is 0 Å². The third-order valence-electron chi connectivity index (χ3n) is 3.71. The van der Waals surface area contributed by atoms with Crippen LogP contribution in [0.3, 0.4) is 0 Å². The third-order valence-corrected chi connectivity index (χ3v) is 3.71.